The SMILES string of the molecule is COc1ccccc1Nc1nc(C)cc(C(=O)N2CCC(C)CC2)n1. The van der Waals surface area contributed by atoms with Crippen LogP contribution in [0.5, 0.6) is 5.75 Å². The molecular formula is C19H24N4O2. The number of carbonyl (C=O) groups is 1. The molecule has 0 bridgehead atoms. The Morgan fingerprint density at radius 2 is 1.96 bits per heavy atom. The Labute approximate surface area is 148 Å². The van der Waals surface area contributed by atoms with E-state index in [0.717, 1.165) is 37.3 Å². The molecule has 1 aromatic carbocycles. The van der Waals surface area contributed by atoms with Crippen LogP contribution in [-0.4, -0.2) is 41.0 Å². The van der Waals surface area contributed by atoms with Gasteiger partial charge in [0.15, 0.2) is 0 Å². The van der Waals surface area contributed by atoms with Crippen LogP contribution in [0.25, 0.3) is 0 Å². The molecule has 0 saturated carbocycles. The summed E-state index contributed by atoms with van der Waals surface area (Å²) in [4.78, 5) is 23.5. The topological polar surface area (TPSA) is 67.3 Å². The minimum Gasteiger partial charge on any atom is -0.495 e. The molecule has 1 amide bonds. The number of nitrogens with one attached hydrogen (secondary N) is 1. The molecule has 1 N–H and O–H groups in total. The largest absolute Gasteiger partial charge is 0.495 e. The molecule has 0 radical (unpaired) electrons. The first kappa shape index (κ1) is 17.2. The molecular weight excluding hydrogens is 316 g/mol. The van der Waals surface area contributed by atoms with Crippen LogP contribution < -0.4 is 10.1 Å². The van der Waals surface area contributed by atoms with Crippen molar-refractivity contribution in [2.24, 2.45) is 5.92 Å². The van der Waals surface area contributed by atoms with Gasteiger partial charge in [0.1, 0.15) is 11.4 Å². The number of hydrogen-bond acceptors (Lipinski definition) is 5. The van der Waals surface area contributed by atoms with Crippen LogP contribution in [0.2, 0.25) is 0 Å². The number of aryl methyl sites for hydroxylation is 1. The van der Waals surface area contributed by atoms with Gasteiger partial charge in [0.2, 0.25) is 5.95 Å². The number of piperidine rings is 1. The highest BCUT2D eigenvalue weighted by Gasteiger charge is 2.23. The Bertz CT molecular complexity index is 755. The number of likely N-dealkylation sites (tertiary alicyclic amines) is 1. The van der Waals surface area contributed by atoms with Crippen LogP contribution in [0.15, 0.2) is 30.3 Å². The summed E-state index contributed by atoms with van der Waals surface area (Å²) in [6, 6.07) is 9.29. The number of carbonyl (C=O) groups excluding carboxylic acids is 1. The average molecular weight is 340 g/mol. The highest BCUT2D eigenvalue weighted by molar-refractivity contribution is 5.92. The van der Waals surface area contributed by atoms with Crippen molar-refractivity contribution >= 4 is 17.5 Å². The molecule has 0 aliphatic carbocycles. The number of benzene rings is 1. The molecule has 1 saturated heterocycles. The van der Waals surface area contributed by atoms with Gasteiger partial charge in [-0.25, -0.2) is 9.97 Å². The van der Waals surface area contributed by atoms with Gasteiger partial charge in [0.25, 0.3) is 5.91 Å². The van der Waals surface area contributed by atoms with E-state index in [9.17, 15) is 4.79 Å². The number of hydrogen-bond donors (Lipinski definition) is 1. The van der Waals surface area contributed by atoms with E-state index < -0.39 is 0 Å². The third kappa shape index (κ3) is 4.07. The number of nitrogens with zero attached hydrogens (tertiary/aromatic N) is 3. The smallest absolute Gasteiger partial charge is 0.272 e. The van der Waals surface area contributed by atoms with E-state index in [4.69, 9.17) is 4.74 Å². The lowest BCUT2D eigenvalue weighted by Crippen LogP contribution is -2.38. The van der Waals surface area contributed by atoms with Gasteiger partial charge in [-0.05, 0) is 43.9 Å². The summed E-state index contributed by atoms with van der Waals surface area (Å²) in [5, 5.41) is 3.15. The third-order valence-electron chi connectivity index (χ3n) is 4.50. The summed E-state index contributed by atoms with van der Waals surface area (Å²) >= 11 is 0. The predicted molar refractivity (Wildman–Crippen MR) is 97.3 cm³/mol. The number of ether oxygens (including phenoxy) is 1. The van der Waals surface area contributed by atoms with Crippen molar-refractivity contribution in [3.8, 4) is 5.75 Å². The van der Waals surface area contributed by atoms with E-state index in [1.165, 1.54) is 0 Å². The minimum atomic E-state index is -0.0273. The van der Waals surface area contributed by atoms with Gasteiger partial charge in [-0.1, -0.05) is 19.1 Å². The Morgan fingerprint density at radius 1 is 1.24 bits per heavy atom. The van der Waals surface area contributed by atoms with E-state index in [2.05, 4.69) is 22.2 Å². The second kappa shape index (κ2) is 7.51. The van der Waals surface area contributed by atoms with E-state index >= 15 is 0 Å². The molecule has 0 spiro atoms. The molecule has 2 heterocycles. The van der Waals surface area contributed by atoms with E-state index in [1.54, 1.807) is 13.2 Å². The average Bonchev–Trinajstić information content (AvgIpc) is 2.62. The zero-order valence-corrected chi connectivity index (χ0v) is 15.0. The quantitative estimate of drug-likeness (QED) is 0.924. The summed E-state index contributed by atoms with van der Waals surface area (Å²) in [6.45, 7) is 5.67. The van der Waals surface area contributed by atoms with Gasteiger partial charge in [0.05, 0.1) is 12.8 Å². The van der Waals surface area contributed by atoms with Crippen molar-refractivity contribution in [2.45, 2.75) is 26.7 Å². The zero-order chi connectivity index (χ0) is 17.8. The molecule has 6 nitrogen and oxygen atoms in total. The van der Waals surface area contributed by atoms with Crippen molar-refractivity contribution in [3.05, 3.63) is 41.7 Å². The molecule has 0 unspecified atom stereocenters. The first-order valence-corrected chi connectivity index (χ1v) is 8.62. The maximum Gasteiger partial charge on any atom is 0.272 e. The van der Waals surface area contributed by atoms with E-state index in [1.807, 2.05) is 36.1 Å². The number of para-hydroxylation sites is 2. The molecule has 25 heavy (non-hydrogen) atoms. The van der Waals surface area contributed by atoms with Gasteiger partial charge in [-0.2, -0.15) is 0 Å². The highest BCUT2D eigenvalue weighted by Crippen LogP contribution is 2.26. The standard InChI is InChI=1S/C19H24N4O2/c1-13-8-10-23(11-9-13)18(24)16-12-14(2)20-19(22-16)21-15-6-4-5-7-17(15)25-3/h4-7,12-13H,8-11H2,1-3H3,(H,20,21,22). The molecule has 3 rings (SSSR count). The Morgan fingerprint density at radius 3 is 2.68 bits per heavy atom. The Kier molecular flexibility index (Phi) is 5.16. The monoisotopic (exact) mass is 340 g/mol. The van der Waals surface area contributed by atoms with Crippen molar-refractivity contribution in [1.82, 2.24) is 14.9 Å². The summed E-state index contributed by atoms with van der Waals surface area (Å²) in [5.74, 6) is 1.75. The maximum absolute atomic E-state index is 12.8. The van der Waals surface area contributed by atoms with Gasteiger partial charge in [-0.15, -0.1) is 0 Å². The minimum absolute atomic E-state index is 0.0273. The second-order valence-corrected chi connectivity index (χ2v) is 6.52. The number of rotatable bonds is 4. The van der Waals surface area contributed by atoms with Gasteiger partial charge in [-0.3, -0.25) is 4.79 Å². The molecule has 0 atom stereocenters. The van der Waals surface area contributed by atoms with Crippen LogP contribution in [-0.2, 0) is 0 Å². The normalized spacial score (nSPS) is 15.1. The Balaban J connectivity index is 1.82. The lowest BCUT2D eigenvalue weighted by molar-refractivity contribution is 0.0691. The van der Waals surface area contributed by atoms with Crippen LogP contribution in [0.1, 0.15) is 35.9 Å². The van der Waals surface area contributed by atoms with E-state index in [0.29, 0.717) is 23.3 Å². The number of amides is 1. The fraction of sp³-hybridized carbons (Fsp3) is 0.421. The molecule has 6 heteroatoms. The van der Waals surface area contributed by atoms with Gasteiger partial charge in [0, 0.05) is 18.8 Å². The number of methoxy groups -OCH3 is 1. The second-order valence-electron chi connectivity index (χ2n) is 6.52. The van der Waals surface area contributed by atoms with Crippen molar-refractivity contribution in [1.29, 1.82) is 0 Å². The summed E-state index contributed by atoms with van der Waals surface area (Å²) in [5.41, 5.74) is 1.95. The first-order chi connectivity index (χ1) is 12.1. The van der Waals surface area contributed by atoms with Gasteiger partial charge < -0.3 is 15.0 Å². The van der Waals surface area contributed by atoms with Crippen LogP contribution in [0.4, 0.5) is 11.6 Å². The number of anilines is 2. The lowest BCUT2D eigenvalue weighted by Gasteiger charge is -2.30. The molecule has 1 aromatic heterocycles. The van der Waals surface area contributed by atoms with Crippen molar-refractivity contribution in [2.75, 3.05) is 25.5 Å². The number of aromatic nitrogens is 2. The predicted octanol–water partition coefficient (Wildman–Crippen LogP) is 3.41. The van der Waals surface area contributed by atoms with Crippen molar-refractivity contribution in [3.63, 3.8) is 0 Å². The maximum atomic E-state index is 12.8. The lowest BCUT2D eigenvalue weighted by atomic mass is 9.99. The fourth-order valence-corrected chi connectivity index (χ4v) is 2.98. The van der Waals surface area contributed by atoms with Crippen LogP contribution in [0, 0.1) is 12.8 Å². The summed E-state index contributed by atoms with van der Waals surface area (Å²) < 4.78 is 5.34. The first-order valence-electron chi connectivity index (χ1n) is 8.62. The zero-order valence-electron chi connectivity index (χ0n) is 15.0. The summed E-state index contributed by atoms with van der Waals surface area (Å²) in [7, 11) is 1.61. The van der Waals surface area contributed by atoms with Crippen molar-refractivity contribution < 1.29 is 9.53 Å². The third-order valence-corrected chi connectivity index (χ3v) is 4.50. The molecule has 1 aliphatic heterocycles. The molecule has 2 aromatic rings. The highest BCUT2D eigenvalue weighted by atomic mass is 16.5. The molecule has 1 fully saturated rings. The van der Waals surface area contributed by atoms with E-state index in [-0.39, 0.29) is 5.91 Å². The molecule has 1 aliphatic rings. The van der Waals surface area contributed by atoms with Gasteiger partial charge >= 0.3 is 0 Å². The van der Waals surface area contributed by atoms with Crippen LogP contribution in [0.3, 0.4) is 0 Å². The fourth-order valence-electron chi connectivity index (χ4n) is 2.98. The Hall–Kier alpha value is -2.63. The molecule has 132 valence electrons. The van der Waals surface area contributed by atoms with Crippen LogP contribution >= 0.6 is 0 Å². The summed E-state index contributed by atoms with van der Waals surface area (Å²) in [6.07, 6.45) is 2.09.